The monoisotopic (exact) mass is 403 g/mol. The van der Waals surface area contributed by atoms with E-state index >= 15 is 0 Å². The number of nitrogens with zero attached hydrogens (tertiary/aromatic N) is 3. The third-order valence-electron chi connectivity index (χ3n) is 5.08. The first-order valence-electron chi connectivity index (χ1n) is 10.2. The molecule has 0 spiro atoms. The third-order valence-corrected chi connectivity index (χ3v) is 5.08. The van der Waals surface area contributed by atoms with Gasteiger partial charge in [-0.2, -0.15) is 0 Å². The summed E-state index contributed by atoms with van der Waals surface area (Å²) >= 11 is 0. The van der Waals surface area contributed by atoms with E-state index in [4.69, 9.17) is 0 Å². The quantitative estimate of drug-likeness (QED) is 0.101. The van der Waals surface area contributed by atoms with Crippen molar-refractivity contribution in [2.75, 3.05) is 0 Å². The highest BCUT2D eigenvalue weighted by Gasteiger charge is 2.70. The molecule has 0 N–H and O–H groups in total. The lowest BCUT2D eigenvalue weighted by Crippen LogP contribution is -2.60. The maximum Gasteiger partial charge on any atom is 0.577 e. The molecule has 0 aliphatic heterocycles. The molecular weight excluding hydrogens is 370 g/mol. The van der Waals surface area contributed by atoms with E-state index in [1.807, 2.05) is 0 Å². The van der Waals surface area contributed by atoms with E-state index in [0.29, 0.717) is 6.42 Å². The summed E-state index contributed by atoms with van der Waals surface area (Å²) in [5, 5.41) is 33.1. The van der Waals surface area contributed by atoms with Gasteiger partial charge >= 0.3 is 11.7 Å². The predicted molar refractivity (Wildman–Crippen MR) is 104 cm³/mol. The largest absolute Gasteiger partial charge is 0.577 e. The molecule has 0 aromatic heterocycles. The summed E-state index contributed by atoms with van der Waals surface area (Å²) in [5.41, 5.74) is -3.42. The molecule has 0 aromatic rings. The van der Waals surface area contributed by atoms with Crippen molar-refractivity contribution in [3.8, 4) is 0 Å². The second kappa shape index (κ2) is 14.9. The number of hydrogen-bond acceptors (Lipinski definition) is 7. The van der Waals surface area contributed by atoms with Gasteiger partial charge in [-0.1, -0.05) is 84.0 Å². The molecule has 0 rings (SSSR count). The predicted octanol–water partition coefficient (Wildman–Crippen LogP) is 4.56. The number of nitro groups is 3. The topological polar surface area (TPSA) is 146 Å². The van der Waals surface area contributed by atoms with Gasteiger partial charge in [0.25, 0.3) is 6.29 Å². The molecule has 0 aliphatic rings. The van der Waals surface area contributed by atoms with Crippen LogP contribution in [-0.4, -0.2) is 32.8 Å². The Morgan fingerprint density at radius 2 is 1.07 bits per heavy atom. The van der Waals surface area contributed by atoms with Crippen LogP contribution in [0, 0.1) is 30.3 Å². The summed E-state index contributed by atoms with van der Waals surface area (Å²) in [6.45, 7) is 2.20. The van der Waals surface area contributed by atoms with Crippen molar-refractivity contribution in [3.63, 3.8) is 0 Å². The van der Waals surface area contributed by atoms with Crippen LogP contribution < -0.4 is 0 Å². The van der Waals surface area contributed by atoms with Crippen molar-refractivity contribution in [1.29, 1.82) is 0 Å². The second-order valence-electron chi connectivity index (χ2n) is 7.25. The van der Waals surface area contributed by atoms with Gasteiger partial charge < -0.3 is 0 Å². The van der Waals surface area contributed by atoms with Crippen molar-refractivity contribution >= 4 is 6.29 Å². The van der Waals surface area contributed by atoms with Gasteiger partial charge in [0.15, 0.2) is 0 Å². The Bertz CT molecular complexity index is 486. The molecule has 0 saturated carbocycles. The van der Waals surface area contributed by atoms with E-state index < -0.39 is 32.8 Å². The van der Waals surface area contributed by atoms with Gasteiger partial charge in [-0.3, -0.25) is 35.1 Å². The van der Waals surface area contributed by atoms with Crippen LogP contribution in [0.25, 0.3) is 0 Å². The molecule has 10 nitrogen and oxygen atoms in total. The summed E-state index contributed by atoms with van der Waals surface area (Å²) in [4.78, 5) is 40.1. The van der Waals surface area contributed by atoms with Crippen LogP contribution in [0.2, 0.25) is 0 Å². The molecule has 1 unspecified atom stereocenters. The highest BCUT2D eigenvalue weighted by molar-refractivity contribution is 5.60. The summed E-state index contributed by atoms with van der Waals surface area (Å²) in [7, 11) is 0. The van der Waals surface area contributed by atoms with E-state index in [1.54, 1.807) is 0 Å². The van der Waals surface area contributed by atoms with Gasteiger partial charge in [-0.15, -0.1) is 0 Å². The number of rotatable bonds is 19. The van der Waals surface area contributed by atoms with Crippen LogP contribution in [0.15, 0.2) is 0 Å². The minimum Gasteiger partial charge on any atom is -0.287 e. The second-order valence-corrected chi connectivity index (χ2v) is 7.25. The van der Waals surface area contributed by atoms with Crippen LogP contribution in [-0.2, 0) is 4.79 Å². The number of hydrogen-bond donors (Lipinski definition) is 0. The Labute approximate surface area is 165 Å². The zero-order chi connectivity index (χ0) is 21.4. The number of aldehydes is 1. The normalized spacial score (nSPS) is 12.5. The fourth-order valence-electron chi connectivity index (χ4n) is 3.30. The van der Waals surface area contributed by atoms with E-state index in [0.717, 1.165) is 25.7 Å². The van der Waals surface area contributed by atoms with Crippen LogP contribution in [0.3, 0.4) is 0 Å². The number of carbonyl (C=O) groups excluding carboxylic acids is 1. The molecule has 162 valence electrons. The first-order valence-corrected chi connectivity index (χ1v) is 10.2. The Balaban J connectivity index is 4.07. The lowest BCUT2D eigenvalue weighted by atomic mass is 9.96. The molecule has 0 heterocycles. The van der Waals surface area contributed by atoms with Gasteiger partial charge in [0, 0.05) is 11.3 Å². The Hall–Kier alpha value is -2.13. The molecular formula is C18H33N3O7. The minimum absolute atomic E-state index is 0.236. The average Bonchev–Trinajstić information content (AvgIpc) is 2.63. The minimum atomic E-state index is -3.42. The Kier molecular flexibility index (Phi) is 13.7. The van der Waals surface area contributed by atoms with Crippen molar-refractivity contribution < 1.29 is 19.6 Å². The zero-order valence-corrected chi connectivity index (χ0v) is 16.8. The molecule has 0 radical (unpaired) electrons. The van der Waals surface area contributed by atoms with Gasteiger partial charge in [0.2, 0.25) is 0 Å². The zero-order valence-electron chi connectivity index (χ0n) is 16.8. The smallest absolute Gasteiger partial charge is 0.287 e. The Morgan fingerprint density at radius 3 is 1.36 bits per heavy atom. The molecule has 1 atom stereocenters. The number of unbranched alkanes of at least 4 members (excludes halogenated alkanes) is 12. The first kappa shape index (κ1) is 25.9. The van der Waals surface area contributed by atoms with Crippen LogP contribution >= 0.6 is 0 Å². The standard InChI is InChI=1S/C18H33N3O7/c1-2-3-4-5-6-7-8-9-10-11-12-13-14-15-17(19(23)24)18(16-22,20(25)26)21(27)28/h16-17H,2-15H2,1H3. The lowest BCUT2D eigenvalue weighted by molar-refractivity contribution is -0.812. The summed E-state index contributed by atoms with van der Waals surface area (Å²) in [6, 6.07) is -2.16. The third kappa shape index (κ3) is 8.71. The molecule has 0 aromatic carbocycles. The van der Waals surface area contributed by atoms with E-state index in [-0.39, 0.29) is 12.8 Å². The SMILES string of the molecule is CCCCCCCCCCCCCCCC([N+](=O)[O-])C(C=O)([N+](=O)[O-])[N+](=O)[O-]. The summed E-state index contributed by atoms with van der Waals surface area (Å²) in [5.74, 6) is 0. The van der Waals surface area contributed by atoms with Crippen molar-refractivity contribution in [2.45, 2.75) is 109 Å². The van der Waals surface area contributed by atoms with Crippen LogP contribution in [0.1, 0.15) is 96.8 Å². The lowest BCUT2D eigenvalue weighted by Gasteiger charge is -2.15. The molecule has 28 heavy (non-hydrogen) atoms. The molecule has 0 aliphatic carbocycles. The maximum atomic E-state index is 11.1. The fraction of sp³-hybridized carbons (Fsp3) is 0.944. The van der Waals surface area contributed by atoms with Gasteiger partial charge in [0.1, 0.15) is 9.85 Å². The number of carbonyl (C=O) groups is 1. The van der Waals surface area contributed by atoms with Gasteiger partial charge in [-0.25, -0.2) is 0 Å². The van der Waals surface area contributed by atoms with Crippen molar-refractivity contribution in [2.24, 2.45) is 0 Å². The van der Waals surface area contributed by atoms with E-state index in [1.165, 1.54) is 44.9 Å². The first-order chi connectivity index (χ1) is 13.3. The molecule has 0 bridgehead atoms. The van der Waals surface area contributed by atoms with E-state index in [2.05, 4.69) is 6.92 Å². The van der Waals surface area contributed by atoms with Gasteiger partial charge in [-0.05, 0) is 6.42 Å². The molecule has 0 fully saturated rings. The highest BCUT2D eigenvalue weighted by Crippen LogP contribution is 2.22. The summed E-state index contributed by atoms with van der Waals surface area (Å²) in [6.07, 6.45) is 12.8. The van der Waals surface area contributed by atoms with Crippen LogP contribution in [0.5, 0.6) is 0 Å². The Morgan fingerprint density at radius 1 is 0.714 bits per heavy atom. The summed E-state index contributed by atoms with van der Waals surface area (Å²) < 4.78 is 0. The molecule has 0 saturated heterocycles. The van der Waals surface area contributed by atoms with Crippen molar-refractivity contribution in [1.82, 2.24) is 0 Å². The maximum absolute atomic E-state index is 11.1. The molecule has 0 amide bonds. The van der Waals surface area contributed by atoms with Gasteiger partial charge in [0.05, 0.1) is 0 Å². The molecule has 10 heteroatoms. The fourth-order valence-corrected chi connectivity index (χ4v) is 3.30. The van der Waals surface area contributed by atoms with Crippen molar-refractivity contribution in [3.05, 3.63) is 30.3 Å². The van der Waals surface area contributed by atoms with Crippen LogP contribution in [0.4, 0.5) is 0 Å². The average molecular weight is 403 g/mol. The highest BCUT2D eigenvalue weighted by atomic mass is 16.7. The van der Waals surface area contributed by atoms with E-state index in [9.17, 15) is 35.1 Å².